The van der Waals surface area contributed by atoms with E-state index in [1.54, 1.807) is 25.1 Å². The zero-order valence-corrected chi connectivity index (χ0v) is 24.5. The predicted molar refractivity (Wildman–Crippen MR) is 163 cm³/mol. The molecule has 9 heteroatoms. The van der Waals surface area contributed by atoms with E-state index in [-0.39, 0.29) is 18.9 Å². The number of hydrogen-bond donors (Lipinski definition) is 2. The van der Waals surface area contributed by atoms with Gasteiger partial charge in [0.25, 0.3) is 5.91 Å². The molecule has 0 aliphatic rings. The van der Waals surface area contributed by atoms with Gasteiger partial charge in [-0.15, -0.1) is 0 Å². The molecule has 0 bridgehead atoms. The Labute approximate surface area is 250 Å². The molecule has 1 amide bonds. The van der Waals surface area contributed by atoms with Crippen molar-refractivity contribution < 1.29 is 14.7 Å². The topological polar surface area (TPSA) is 108 Å². The average Bonchev–Trinajstić information content (AvgIpc) is 3.34. The van der Waals surface area contributed by atoms with Crippen molar-refractivity contribution in [2.24, 2.45) is 0 Å². The number of nitrogens with one attached hydrogen (secondary N) is 1. The Morgan fingerprint density at radius 2 is 1.78 bits per heavy atom. The van der Waals surface area contributed by atoms with E-state index >= 15 is 0 Å². The Balaban J connectivity index is 1.78. The fraction of sp³-hybridized carbons (Fsp3) is 0.250. The summed E-state index contributed by atoms with van der Waals surface area (Å²) in [6.07, 6.45) is 10.3. The van der Waals surface area contributed by atoms with Crippen molar-refractivity contribution in [3.63, 3.8) is 0 Å². The number of nitriles is 1. The molecule has 2 aromatic carbocycles. The van der Waals surface area contributed by atoms with E-state index in [1.807, 2.05) is 48.0 Å². The van der Waals surface area contributed by atoms with E-state index < -0.39 is 5.97 Å². The van der Waals surface area contributed by atoms with Gasteiger partial charge in [0.15, 0.2) is 0 Å². The molecule has 212 valence electrons. The first-order valence-corrected chi connectivity index (χ1v) is 13.9. The summed E-state index contributed by atoms with van der Waals surface area (Å²) >= 11 is 12.5. The predicted octanol–water partition coefficient (Wildman–Crippen LogP) is 7.40. The van der Waals surface area contributed by atoms with Crippen LogP contribution in [-0.4, -0.2) is 33.3 Å². The summed E-state index contributed by atoms with van der Waals surface area (Å²) in [5, 5.41) is 26.2. The van der Waals surface area contributed by atoms with Crippen LogP contribution < -0.4 is 5.32 Å². The molecule has 3 aromatic rings. The molecule has 0 aliphatic carbocycles. The molecule has 0 fully saturated rings. The Morgan fingerprint density at radius 3 is 2.41 bits per heavy atom. The van der Waals surface area contributed by atoms with E-state index in [1.165, 1.54) is 5.57 Å². The second-order valence-corrected chi connectivity index (χ2v) is 10.3. The maximum atomic E-state index is 12.3. The second kappa shape index (κ2) is 15.6. The quantitative estimate of drug-likeness (QED) is 0.159. The largest absolute Gasteiger partial charge is 0.481 e. The minimum Gasteiger partial charge on any atom is -0.481 e. The number of nitrogens with zero attached hydrogens (tertiary/aromatic N) is 3. The van der Waals surface area contributed by atoms with E-state index in [4.69, 9.17) is 38.7 Å². The van der Waals surface area contributed by atoms with Crippen molar-refractivity contribution in [3.05, 3.63) is 111 Å². The van der Waals surface area contributed by atoms with Crippen LogP contribution in [0, 0.1) is 11.3 Å². The number of allylic oxidation sites excluding steroid dienone is 6. The second-order valence-electron chi connectivity index (χ2n) is 9.46. The van der Waals surface area contributed by atoms with Crippen LogP contribution in [0.15, 0.2) is 84.0 Å². The minimum atomic E-state index is -0.963. The fourth-order valence-electron chi connectivity index (χ4n) is 4.01. The van der Waals surface area contributed by atoms with E-state index in [0.29, 0.717) is 34.1 Å². The molecular formula is C32H32Cl2N4O3. The lowest BCUT2D eigenvalue weighted by Gasteiger charge is -2.08. The van der Waals surface area contributed by atoms with E-state index in [9.17, 15) is 9.59 Å². The Bertz CT molecular complexity index is 1490. The van der Waals surface area contributed by atoms with Gasteiger partial charge in [0, 0.05) is 45.4 Å². The summed E-state index contributed by atoms with van der Waals surface area (Å²) in [6.45, 7) is 4.36. The monoisotopic (exact) mass is 590 g/mol. The Hall–Kier alpha value is -4.12. The summed E-state index contributed by atoms with van der Waals surface area (Å²) < 4.78 is 1.92. The first-order valence-electron chi connectivity index (χ1n) is 13.2. The molecule has 0 atom stereocenters. The molecule has 0 unspecified atom stereocenters. The molecule has 0 aliphatic heterocycles. The van der Waals surface area contributed by atoms with Gasteiger partial charge < -0.3 is 10.4 Å². The number of aromatic nitrogens is 2. The van der Waals surface area contributed by atoms with E-state index in [2.05, 4.69) is 29.6 Å². The summed E-state index contributed by atoms with van der Waals surface area (Å²) in [5.41, 5.74) is 5.89. The fourth-order valence-corrected chi connectivity index (χ4v) is 4.53. The van der Waals surface area contributed by atoms with Crippen LogP contribution in [0.3, 0.4) is 0 Å². The number of carbonyl (C=O) groups excluding carboxylic acids is 1. The third kappa shape index (κ3) is 10.1. The van der Waals surface area contributed by atoms with Crippen molar-refractivity contribution >= 4 is 35.1 Å². The lowest BCUT2D eigenvalue weighted by atomic mass is 10.1. The number of carboxylic acids is 1. The SMILES string of the molecule is C/C=C(\C/C=C\Cc1cc(-c2cc(Cl)cc(Cl)c2)nn1Cc1ccc(C(=O)NCCC(=O)O)cc1)C/C=C(\C)C#N. The molecule has 0 spiro atoms. The molecule has 0 saturated heterocycles. The molecule has 7 nitrogen and oxygen atoms in total. The molecule has 41 heavy (non-hydrogen) atoms. The average molecular weight is 592 g/mol. The van der Waals surface area contributed by atoms with Crippen LogP contribution >= 0.6 is 23.2 Å². The number of halogens is 2. The first kappa shape index (κ1) is 31.4. The van der Waals surface area contributed by atoms with Gasteiger partial charge in [-0.05, 0) is 68.7 Å². The van der Waals surface area contributed by atoms with Gasteiger partial charge in [-0.1, -0.05) is 65.2 Å². The zero-order chi connectivity index (χ0) is 29.8. The lowest BCUT2D eigenvalue weighted by Crippen LogP contribution is -2.25. The highest BCUT2D eigenvalue weighted by Crippen LogP contribution is 2.27. The summed E-state index contributed by atoms with van der Waals surface area (Å²) in [5.74, 6) is -1.28. The number of carbonyl (C=O) groups is 2. The van der Waals surface area contributed by atoms with Gasteiger partial charge >= 0.3 is 5.97 Å². The molecule has 2 N–H and O–H groups in total. The normalized spacial score (nSPS) is 12.0. The van der Waals surface area contributed by atoms with Crippen molar-refractivity contribution in [1.29, 1.82) is 5.26 Å². The van der Waals surface area contributed by atoms with Crippen LogP contribution in [0.4, 0.5) is 0 Å². The summed E-state index contributed by atoms with van der Waals surface area (Å²) in [6, 6.07) is 16.7. The highest BCUT2D eigenvalue weighted by Gasteiger charge is 2.12. The molecule has 3 rings (SSSR count). The number of amides is 1. The lowest BCUT2D eigenvalue weighted by molar-refractivity contribution is -0.136. The molecule has 1 aromatic heterocycles. The maximum absolute atomic E-state index is 12.3. The Kier molecular flexibility index (Phi) is 12.0. The number of aliphatic carboxylic acids is 1. The number of rotatable bonds is 13. The number of benzene rings is 2. The number of hydrogen-bond acceptors (Lipinski definition) is 4. The van der Waals surface area contributed by atoms with Crippen molar-refractivity contribution in [3.8, 4) is 17.3 Å². The molecular weight excluding hydrogens is 559 g/mol. The van der Waals surface area contributed by atoms with Gasteiger partial charge in [0.1, 0.15) is 0 Å². The van der Waals surface area contributed by atoms with Crippen molar-refractivity contribution in [2.45, 2.75) is 46.1 Å². The standard InChI is InChI=1S/C32H32Cl2N4O3/c1-3-23(9-8-22(2)20-35)6-4-5-7-29-19-30(26-16-27(33)18-28(34)17-26)37-38(29)21-24-10-12-25(13-11-24)32(41)36-15-14-31(39)40/h3-5,8,10-13,16-19H,6-7,9,14-15,21H2,1-2H3,(H,36,41)(H,39,40)/b5-4-,22-8+,23-3+. The van der Waals surface area contributed by atoms with Crippen LogP contribution in [0.5, 0.6) is 0 Å². The van der Waals surface area contributed by atoms with Gasteiger partial charge in [0.05, 0.1) is 24.7 Å². The summed E-state index contributed by atoms with van der Waals surface area (Å²) in [7, 11) is 0. The van der Waals surface area contributed by atoms with Crippen LogP contribution in [0.2, 0.25) is 10.0 Å². The van der Waals surface area contributed by atoms with E-state index in [0.717, 1.165) is 35.4 Å². The minimum absolute atomic E-state index is 0.0716. The maximum Gasteiger partial charge on any atom is 0.305 e. The first-order chi connectivity index (χ1) is 19.7. The highest BCUT2D eigenvalue weighted by atomic mass is 35.5. The molecule has 0 saturated carbocycles. The molecule has 1 heterocycles. The Morgan fingerprint density at radius 1 is 1.07 bits per heavy atom. The van der Waals surface area contributed by atoms with Crippen molar-refractivity contribution in [2.75, 3.05) is 6.54 Å². The summed E-state index contributed by atoms with van der Waals surface area (Å²) in [4.78, 5) is 23.0. The van der Waals surface area contributed by atoms with Gasteiger partial charge in [-0.3, -0.25) is 14.3 Å². The molecule has 0 radical (unpaired) electrons. The van der Waals surface area contributed by atoms with Crippen LogP contribution in [0.1, 0.15) is 54.7 Å². The highest BCUT2D eigenvalue weighted by molar-refractivity contribution is 6.35. The van der Waals surface area contributed by atoms with Crippen LogP contribution in [-0.2, 0) is 17.8 Å². The van der Waals surface area contributed by atoms with Gasteiger partial charge in [-0.2, -0.15) is 10.4 Å². The van der Waals surface area contributed by atoms with Gasteiger partial charge in [0.2, 0.25) is 0 Å². The zero-order valence-electron chi connectivity index (χ0n) is 23.0. The third-order valence-corrected chi connectivity index (χ3v) is 6.76. The third-order valence-electron chi connectivity index (χ3n) is 6.32. The van der Waals surface area contributed by atoms with Crippen LogP contribution in [0.25, 0.3) is 11.3 Å². The van der Waals surface area contributed by atoms with Gasteiger partial charge in [-0.25, -0.2) is 0 Å². The number of carboxylic acid groups (broad SMARTS) is 1. The smallest absolute Gasteiger partial charge is 0.305 e. The van der Waals surface area contributed by atoms with Crippen molar-refractivity contribution in [1.82, 2.24) is 15.1 Å².